The molecular formula is C15H11N7O. The second-order valence-electron chi connectivity index (χ2n) is 4.77. The van der Waals surface area contributed by atoms with E-state index in [4.69, 9.17) is 0 Å². The molecule has 4 rings (SSSR count). The summed E-state index contributed by atoms with van der Waals surface area (Å²) in [6.45, 7) is 0. The Kier molecular flexibility index (Phi) is 3.05. The van der Waals surface area contributed by atoms with Gasteiger partial charge in [-0.15, -0.1) is 5.10 Å². The molecule has 0 aliphatic rings. The highest BCUT2D eigenvalue weighted by molar-refractivity contribution is 6.03. The van der Waals surface area contributed by atoms with Crippen LogP contribution in [-0.4, -0.2) is 35.3 Å². The fraction of sp³-hybridized carbons (Fsp3) is 0. The Balaban J connectivity index is 1.63. The standard InChI is InChI=1S/C15H11N7O/c23-15(11-3-1-6-16-9-11)19-12-10-22-13(18-12)4-5-14(20-22)21-8-2-7-17-21/h1-10H,(H,19,23). The van der Waals surface area contributed by atoms with Crippen LogP contribution < -0.4 is 5.32 Å². The first-order valence-electron chi connectivity index (χ1n) is 6.87. The van der Waals surface area contributed by atoms with Gasteiger partial charge in [0.2, 0.25) is 0 Å². The molecule has 8 heteroatoms. The second-order valence-corrected chi connectivity index (χ2v) is 4.77. The predicted octanol–water partition coefficient (Wildman–Crippen LogP) is 1.56. The second kappa shape index (κ2) is 5.34. The third-order valence-corrected chi connectivity index (χ3v) is 3.21. The number of hydrogen-bond acceptors (Lipinski definition) is 5. The average Bonchev–Trinajstić information content (AvgIpc) is 3.24. The summed E-state index contributed by atoms with van der Waals surface area (Å²) in [4.78, 5) is 20.4. The van der Waals surface area contributed by atoms with Crippen LogP contribution in [0.5, 0.6) is 0 Å². The van der Waals surface area contributed by atoms with Gasteiger partial charge in [-0.2, -0.15) is 5.10 Å². The molecule has 23 heavy (non-hydrogen) atoms. The van der Waals surface area contributed by atoms with Crippen LogP contribution in [0.4, 0.5) is 5.82 Å². The van der Waals surface area contributed by atoms with E-state index in [2.05, 4.69) is 25.5 Å². The molecule has 0 atom stereocenters. The number of hydrogen-bond donors (Lipinski definition) is 1. The van der Waals surface area contributed by atoms with Crippen LogP contribution in [0.2, 0.25) is 0 Å². The lowest BCUT2D eigenvalue weighted by molar-refractivity contribution is 0.102. The molecule has 0 fully saturated rings. The normalized spacial score (nSPS) is 10.8. The minimum atomic E-state index is -0.270. The Bertz CT molecular complexity index is 960. The third kappa shape index (κ3) is 2.53. The van der Waals surface area contributed by atoms with E-state index in [1.807, 2.05) is 18.2 Å². The summed E-state index contributed by atoms with van der Waals surface area (Å²) in [6, 6.07) is 8.83. The molecule has 0 radical (unpaired) electrons. The zero-order chi connectivity index (χ0) is 15.6. The van der Waals surface area contributed by atoms with E-state index in [0.717, 1.165) is 0 Å². The van der Waals surface area contributed by atoms with Crippen molar-refractivity contribution in [3.8, 4) is 5.82 Å². The van der Waals surface area contributed by atoms with Crippen LogP contribution in [0, 0.1) is 0 Å². The van der Waals surface area contributed by atoms with Crippen molar-refractivity contribution in [2.75, 3.05) is 5.32 Å². The van der Waals surface area contributed by atoms with Crippen molar-refractivity contribution in [2.24, 2.45) is 0 Å². The van der Waals surface area contributed by atoms with Crippen LogP contribution in [0.15, 0.2) is 61.3 Å². The molecule has 4 aromatic heterocycles. The Labute approximate surface area is 130 Å². The van der Waals surface area contributed by atoms with E-state index < -0.39 is 0 Å². The Hall–Kier alpha value is -3.55. The van der Waals surface area contributed by atoms with Gasteiger partial charge >= 0.3 is 0 Å². The smallest absolute Gasteiger partial charge is 0.258 e. The molecule has 0 bridgehead atoms. The highest BCUT2D eigenvalue weighted by Gasteiger charge is 2.10. The van der Waals surface area contributed by atoms with Crippen LogP contribution >= 0.6 is 0 Å². The van der Waals surface area contributed by atoms with Crippen molar-refractivity contribution in [3.05, 3.63) is 66.9 Å². The number of carbonyl (C=O) groups is 1. The molecule has 4 heterocycles. The number of amides is 1. The lowest BCUT2D eigenvalue weighted by atomic mass is 10.3. The van der Waals surface area contributed by atoms with Crippen LogP contribution in [0.25, 0.3) is 11.5 Å². The third-order valence-electron chi connectivity index (χ3n) is 3.21. The predicted molar refractivity (Wildman–Crippen MR) is 82.3 cm³/mol. The van der Waals surface area contributed by atoms with Gasteiger partial charge in [-0.3, -0.25) is 9.78 Å². The maximum atomic E-state index is 12.1. The van der Waals surface area contributed by atoms with Gasteiger partial charge in [-0.05, 0) is 30.3 Å². The van der Waals surface area contributed by atoms with Gasteiger partial charge in [0.05, 0.1) is 11.8 Å². The Morgan fingerprint density at radius 2 is 2.09 bits per heavy atom. The molecule has 0 aromatic carbocycles. The summed E-state index contributed by atoms with van der Waals surface area (Å²) in [7, 11) is 0. The lowest BCUT2D eigenvalue weighted by Crippen LogP contribution is -2.12. The zero-order valence-corrected chi connectivity index (χ0v) is 11.9. The molecule has 1 amide bonds. The average molecular weight is 305 g/mol. The van der Waals surface area contributed by atoms with Crippen LogP contribution in [-0.2, 0) is 0 Å². The molecule has 0 saturated carbocycles. The summed E-state index contributed by atoms with van der Waals surface area (Å²) in [5.74, 6) is 0.808. The summed E-state index contributed by atoms with van der Waals surface area (Å²) >= 11 is 0. The van der Waals surface area contributed by atoms with Crippen LogP contribution in [0.3, 0.4) is 0 Å². The summed E-state index contributed by atoms with van der Waals surface area (Å²) in [5, 5.41) is 11.3. The molecule has 8 nitrogen and oxygen atoms in total. The van der Waals surface area contributed by atoms with E-state index in [1.165, 1.54) is 6.20 Å². The van der Waals surface area contributed by atoms with Crippen molar-refractivity contribution in [3.63, 3.8) is 0 Å². The van der Waals surface area contributed by atoms with E-state index >= 15 is 0 Å². The van der Waals surface area contributed by atoms with Gasteiger partial charge in [-0.1, -0.05) is 0 Å². The minimum Gasteiger partial charge on any atom is -0.305 e. The zero-order valence-electron chi connectivity index (χ0n) is 11.9. The number of pyridine rings is 1. The Morgan fingerprint density at radius 3 is 2.87 bits per heavy atom. The Morgan fingerprint density at radius 1 is 1.13 bits per heavy atom. The summed E-state index contributed by atoms with van der Waals surface area (Å²) < 4.78 is 3.24. The highest BCUT2D eigenvalue weighted by atomic mass is 16.1. The van der Waals surface area contributed by atoms with Gasteiger partial charge in [-0.25, -0.2) is 14.2 Å². The molecule has 4 aromatic rings. The number of aromatic nitrogens is 6. The van der Waals surface area contributed by atoms with Gasteiger partial charge in [0, 0.05) is 24.8 Å². The maximum absolute atomic E-state index is 12.1. The summed E-state index contributed by atoms with van der Waals surface area (Å²) in [6.07, 6.45) is 8.24. The number of carbonyl (C=O) groups excluding carboxylic acids is 1. The molecular weight excluding hydrogens is 294 g/mol. The van der Waals surface area contributed by atoms with E-state index in [1.54, 1.807) is 46.1 Å². The topological polar surface area (TPSA) is 90.0 Å². The first-order valence-corrected chi connectivity index (χ1v) is 6.87. The number of anilines is 1. The molecule has 0 unspecified atom stereocenters. The molecule has 1 N–H and O–H groups in total. The first-order chi connectivity index (χ1) is 11.3. The van der Waals surface area contributed by atoms with Gasteiger partial charge in [0.1, 0.15) is 0 Å². The fourth-order valence-electron chi connectivity index (χ4n) is 2.14. The maximum Gasteiger partial charge on any atom is 0.258 e. The fourth-order valence-corrected chi connectivity index (χ4v) is 2.14. The SMILES string of the molecule is O=C(Nc1cn2nc(-n3cccn3)ccc2n1)c1cccnc1. The lowest BCUT2D eigenvalue weighted by Gasteiger charge is -2.00. The van der Waals surface area contributed by atoms with Gasteiger partial charge in [0.25, 0.3) is 5.91 Å². The first kappa shape index (κ1) is 13.1. The molecule has 0 spiro atoms. The minimum absolute atomic E-state index is 0.270. The molecule has 0 aliphatic carbocycles. The van der Waals surface area contributed by atoms with Crippen molar-refractivity contribution < 1.29 is 4.79 Å². The van der Waals surface area contributed by atoms with Crippen molar-refractivity contribution in [1.29, 1.82) is 0 Å². The van der Waals surface area contributed by atoms with Crippen LogP contribution in [0.1, 0.15) is 10.4 Å². The van der Waals surface area contributed by atoms with E-state index in [9.17, 15) is 4.79 Å². The van der Waals surface area contributed by atoms with Gasteiger partial charge in [0.15, 0.2) is 17.3 Å². The van der Waals surface area contributed by atoms with Gasteiger partial charge < -0.3 is 5.32 Å². The van der Waals surface area contributed by atoms with E-state index in [0.29, 0.717) is 22.8 Å². The number of fused-ring (bicyclic) bond motifs is 1. The van der Waals surface area contributed by atoms with Crippen molar-refractivity contribution in [2.45, 2.75) is 0 Å². The molecule has 0 saturated heterocycles. The number of nitrogens with zero attached hydrogens (tertiary/aromatic N) is 6. The van der Waals surface area contributed by atoms with E-state index in [-0.39, 0.29) is 5.91 Å². The number of imidazole rings is 1. The number of nitrogens with one attached hydrogen (secondary N) is 1. The molecule has 0 aliphatic heterocycles. The largest absolute Gasteiger partial charge is 0.305 e. The highest BCUT2D eigenvalue weighted by Crippen LogP contribution is 2.12. The number of rotatable bonds is 3. The quantitative estimate of drug-likeness (QED) is 0.620. The molecule has 112 valence electrons. The monoisotopic (exact) mass is 305 g/mol. The van der Waals surface area contributed by atoms with Crippen molar-refractivity contribution in [1.82, 2.24) is 29.4 Å². The van der Waals surface area contributed by atoms with Crippen molar-refractivity contribution >= 4 is 17.4 Å². The summed E-state index contributed by atoms with van der Waals surface area (Å²) in [5.41, 5.74) is 1.09.